The minimum atomic E-state index is -0.0752. The molecule has 0 atom stereocenters. The predicted octanol–water partition coefficient (Wildman–Crippen LogP) is 1.56. The highest BCUT2D eigenvalue weighted by molar-refractivity contribution is 5.78. The van der Waals surface area contributed by atoms with Gasteiger partial charge in [0.2, 0.25) is 5.91 Å². The number of carbonyl (C=O) groups excluding carboxylic acids is 1. The Hall–Kier alpha value is -2.70. The van der Waals surface area contributed by atoms with E-state index in [0.717, 1.165) is 29.7 Å². The first-order valence-corrected chi connectivity index (χ1v) is 7.60. The Kier molecular flexibility index (Phi) is 4.36. The number of rotatable bonds is 6. The Labute approximate surface area is 133 Å². The van der Waals surface area contributed by atoms with Crippen LogP contribution < -0.4 is 5.32 Å². The van der Waals surface area contributed by atoms with E-state index in [9.17, 15) is 4.79 Å². The van der Waals surface area contributed by atoms with Gasteiger partial charge in [-0.15, -0.1) is 0 Å². The van der Waals surface area contributed by atoms with E-state index in [1.807, 2.05) is 25.2 Å². The summed E-state index contributed by atoms with van der Waals surface area (Å²) in [6.45, 7) is 2.37. The number of nitrogens with one attached hydrogen (secondary N) is 1. The fourth-order valence-electron chi connectivity index (χ4n) is 2.52. The van der Waals surface area contributed by atoms with E-state index in [1.54, 1.807) is 6.92 Å². The lowest BCUT2D eigenvalue weighted by atomic mass is 10.2. The van der Waals surface area contributed by atoms with Gasteiger partial charge in [-0.05, 0) is 25.5 Å². The lowest BCUT2D eigenvalue weighted by Crippen LogP contribution is -2.27. The molecule has 3 aromatic rings. The van der Waals surface area contributed by atoms with Gasteiger partial charge < -0.3 is 9.88 Å². The summed E-state index contributed by atoms with van der Waals surface area (Å²) in [4.78, 5) is 16.5. The van der Waals surface area contributed by atoms with Gasteiger partial charge in [0.15, 0.2) is 0 Å². The number of benzene rings is 1. The predicted molar refractivity (Wildman–Crippen MR) is 84.8 cm³/mol. The summed E-state index contributed by atoms with van der Waals surface area (Å²) in [7, 11) is 2.02. The van der Waals surface area contributed by atoms with E-state index in [4.69, 9.17) is 0 Å². The summed E-state index contributed by atoms with van der Waals surface area (Å²) < 4.78 is 6.68. The van der Waals surface area contributed by atoms with Crippen LogP contribution in [0.25, 0.3) is 11.0 Å². The van der Waals surface area contributed by atoms with Gasteiger partial charge in [-0.1, -0.05) is 22.4 Å². The normalized spacial score (nSPS) is 11.0. The zero-order chi connectivity index (χ0) is 16.2. The molecule has 0 aliphatic heterocycles. The fraction of sp³-hybridized carbons (Fsp3) is 0.375. The summed E-state index contributed by atoms with van der Waals surface area (Å²) in [5.74, 6) is 0.950. The minimum Gasteiger partial charge on any atom is -0.356 e. The Balaban J connectivity index is 1.48. The quantitative estimate of drug-likeness (QED) is 0.698. The molecule has 0 bridgehead atoms. The van der Waals surface area contributed by atoms with Crippen LogP contribution in [0.5, 0.6) is 0 Å². The highest BCUT2D eigenvalue weighted by Crippen LogP contribution is 2.15. The molecular weight excluding hydrogens is 294 g/mol. The number of para-hydroxylation sites is 2. The molecule has 3 rings (SSSR count). The summed E-state index contributed by atoms with van der Waals surface area (Å²) in [5, 5.41) is 10.3. The number of aromatic nitrogens is 4. The molecule has 0 unspecified atom stereocenters. The van der Waals surface area contributed by atoms with Gasteiger partial charge in [-0.3, -0.25) is 4.79 Å². The second-order valence-corrected chi connectivity index (χ2v) is 5.50. The number of imidazole rings is 1. The number of amides is 1. The lowest BCUT2D eigenvalue weighted by Gasteiger charge is -2.05. The van der Waals surface area contributed by atoms with E-state index < -0.39 is 0 Å². The number of nitrogens with zero attached hydrogens (tertiary/aromatic N) is 4. The smallest absolute Gasteiger partial charge is 0.226 e. The van der Waals surface area contributed by atoms with Crippen molar-refractivity contribution < 1.29 is 9.42 Å². The molecule has 7 nitrogen and oxygen atoms in total. The Morgan fingerprint density at radius 1 is 1.30 bits per heavy atom. The van der Waals surface area contributed by atoms with Gasteiger partial charge in [0.05, 0.1) is 17.5 Å². The Bertz CT molecular complexity index is 821. The van der Waals surface area contributed by atoms with Gasteiger partial charge in [0.1, 0.15) is 17.2 Å². The number of fused-ring (bicyclic) bond motifs is 1. The topological polar surface area (TPSA) is 85.8 Å². The van der Waals surface area contributed by atoms with E-state index in [2.05, 4.69) is 35.9 Å². The van der Waals surface area contributed by atoms with Crippen LogP contribution in [0.15, 0.2) is 28.9 Å². The molecule has 2 aromatic heterocycles. The Morgan fingerprint density at radius 2 is 2.13 bits per heavy atom. The van der Waals surface area contributed by atoms with E-state index in [1.165, 1.54) is 0 Å². The van der Waals surface area contributed by atoms with Crippen LogP contribution >= 0.6 is 0 Å². The maximum absolute atomic E-state index is 11.8. The molecule has 1 N–H and O–H groups in total. The number of carbonyl (C=O) groups is 1. The van der Waals surface area contributed by atoms with Crippen LogP contribution in [0, 0.1) is 6.92 Å². The molecule has 7 heteroatoms. The molecule has 0 aliphatic rings. The van der Waals surface area contributed by atoms with Crippen LogP contribution in [-0.4, -0.2) is 32.3 Å². The summed E-state index contributed by atoms with van der Waals surface area (Å²) in [6.07, 6.45) is 1.84. The van der Waals surface area contributed by atoms with Crippen molar-refractivity contribution in [2.75, 3.05) is 6.54 Å². The number of hydrogen-bond acceptors (Lipinski definition) is 5. The molecule has 23 heavy (non-hydrogen) atoms. The molecule has 0 saturated carbocycles. The van der Waals surface area contributed by atoms with Crippen molar-refractivity contribution in [3.8, 4) is 0 Å². The monoisotopic (exact) mass is 313 g/mol. The first-order chi connectivity index (χ1) is 11.1. The van der Waals surface area contributed by atoms with Crippen molar-refractivity contribution in [3.05, 3.63) is 41.5 Å². The third kappa shape index (κ3) is 3.39. The molecule has 0 saturated heterocycles. The minimum absolute atomic E-state index is 0.0752. The van der Waals surface area contributed by atoms with Crippen molar-refractivity contribution >= 4 is 16.9 Å². The molecule has 0 spiro atoms. The molecule has 2 heterocycles. The summed E-state index contributed by atoms with van der Waals surface area (Å²) >= 11 is 0. The molecule has 120 valence electrons. The van der Waals surface area contributed by atoms with Crippen LogP contribution in [0.1, 0.15) is 23.6 Å². The zero-order valence-electron chi connectivity index (χ0n) is 13.2. The Morgan fingerprint density at radius 3 is 2.87 bits per heavy atom. The van der Waals surface area contributed by atoms with Gasteiger partial charge in [-0.25, -0.2) is 9.61 Å². The van der Waals surface area contributed by atoms with Gasteiger partial charge in [0.25, 0.3) is 0 Å². The van der Waals surface area contributed by atoms with E-state index in [0.29, 0.717) is 17.9 Å². The molecule has 0 aliphatic carbocycles. The number of hydrogen-bond donors (Lipinski definition) is 1. The highest BCUT2D eigenvalue weighted by Gasteiger charge is 2.11. The van der Waals surface area contributed by atoms with Crippen LogP contribution in [0.2, 0.25) is 0 Å². The van der Waals surface area contributed by atoms with Crippen molar-refractivity contribution in [3.63, 3.8) is 0 Å². The second-order valence-electron chi connectivity index (χ2n) is 5.50. The largest absolute Gasteiger partial charge is 0.356 e. The maximum Gasteiger partial charge on any atom is 0.226 e. The van der Waals surface area contributed by atoms with Gasteiger partial charge in [0, 0.05) is 20.0 Å². The zero-order valence-corrected chi connectivity index (χ0v) is 13.2. The summed E-state index contributed by atoms with van der Waals surface area (Å²) in [6, 6.07) is 8.06. The average Bonchev–Trinajstić information content (AvgIpc) is 3.08. The summed E-state index contributed by atoms with van der Waals surface area (Å²) in [5.41, 5.74) is 3.36. The van der Waals surface area contributed by atoms with Gasteiger partial charge >= 0.3 is 0 Å². The molecule has 0 radical (unpaired) electrons. The van der Waals surface area contributed by atoms with Crippen molar-refractivity contribution in [1.82, 2.24) is 25.2 Å². The molecule has 1 aromatic carbocycles. The van der Waals surface area contributed by atoms with Crippen LogP contribution in [0.3, 0.4) is 0 Å². The standard InChI is InChI=1S/C16H19N5O2/c1-11-13(20-23-19-11)10-16(22)17-9-5-8-15-18-12-6-3-4-7-14(12)21(15)2/h3-4,6-7H,5,8-10H2,1-2H3,(H,17,22). The fourth-order valence-corrected chi connectivity index (χ4v) is 2.52. The van der Waals surface area contributed by atoms with Gasteiger partial charge in [-0.2, -0.15) is 0 Å². The first kappa shape index (κ1) is 15.2. The average molecular weight is 313 g/mol. The molecule has 0 fully saturated rings. The van der Waals surface area contributed by atoms with E-state index in [-0.39, 0.29) is 12.3 Å². The first-order valence-electron chi connectivity index (χ1n) is 7.60. The SMILES string of the molecule is Cc1nonc1CC(=O)NCCCc1nc2ccccc2n1C. The maximum atomic E-state index is 11.8. The second kappa shape index (κ2) is 6.60. The van der Waals surface area contributed by atoms with Crippen LogP contribution in [0.4, 0.5) is 0 Å². The van der Waals surface area contributed by atoms with Crippen molar-refractivity contribution in [1.29, 1.82) is 0 Å². The third-order valence-electron chi connectivity index (χ3n) is 3.85. The molecule has 1 amide bonds. The third-order valence-corrected chi connectivity index (χ3v) is 3.85. The molecular formula is C16H19N5O2. The van der Waals surface area contributed by atoms with Crippen molar-refractivity contribution in [2.24, 2.45) is 7.05 Å². The number of aryl methyl sites for hydroxylation is 3. The van der Waals surface area contributed by atoms with E-state index >= 15 is 0 Å². The lowest BCUT2D eigenvalue weighted by molar-refractivity contribution is -0.120. The highest BCUT2D eigenvalue weighted by atomic mass is 16.6. The van der Waals surface area contributed by atoms with Crippen molar-refractivity contribution in [2.45, 2.75) is 26.2 Å². The van der Waals surface area contributed by atoms with Crippen LogP contribution in [-0.2, 0) is 24.7 Å².